The summed E-state index contributed by atoms with van der Waals surface area (Å²) in [5.74, 6) is 0. The fourth-order valence-electron chi connectivity index (χ4n) is 0.758. The molecule has 0 aliphatic rings. The molecule has 0 N–H and O–H groups in total. The normalized spacial score (nSPS) is 10.2. The molecule has 6 heteroatoms. The Hall–Kier alpha value is -0.720. The van der Waals surface area contributed by atoms with Crippen LogP contribution in [0.15, 0.2) is 26.2 Å². The summed E-state index contributed by atoms with van der Waals surface area (Å²) < 4.78 is 0.898. The van der Waals surface area contributed by atoms with Gasteiger partial charge in [-0.25, -0.2) is 0 Å². The van der Waals surface area contributed by atoms with Gasteiger partial charge in [0.2, 0.25) is 0 Å². The largest absolute Gasteiger partial charge is 0.297 e. The lowest BCUT2D eigenvalue weighted by Gasteiger charge is -1.87. The number of aldehydes is 1. The van der Waals surface area contributed by atoms with Gasteiger partial charge in [0, 0.05) is 10.3 Å². The van der Waals surface area contributed by atoms with Crippen molar-refractivity contribution in [3.8, 4) is 0 Å². The molecule has 0 amide bonds. The zero-order valence-corrected chi connectivity index (χ0v) is 8.79. The van der Waals surface area contributed by atoms with Crippen molar-refractivity contribution in [2.45, 2.75) is 9.24 Å². The maximum Gasteiger partial charge on any atom is 0.178 e. The van der Waals surface area contributed by atoms with Crippen LogP contribution in [0.3, 0.4) is 0 Å². The highest BCUT2D eigenvalue weighted by molar-refractivity contribution is 8.01. The van der Waals surface area contributed by atoms with Gasteiger partial charge < -0.3 is 0 Å². The highest BCUT2D eigenvalue weighted by atomic mass is 32.2. The molecule has 66 valence electrons. The van der Waals surface area contributed by atoms with E-state index in [0.717, 1.165) is 20.4 Å². The fraction of sp³-hybridized carbons (Fsp3) is 0. The van der Waals surface area contributed by atoms with Crippen LogP contribution >= 0.6 is 34.4 Å². The number of aromatic nitrogens is 2. The first kappa shape index (κ1) is 8.86. The quantitative estimate of drug-likeness (QED) is 0.757. The Labute approximate surface area is 86.8 Å². The van der Waals surface area contributed by atoms with Crippen molar-refractivity contribution in [2.24, 2.45) is 0 Å². The average Bonchev–Trinajstić information content (AvgIpc) is 2.76. The lowest BCUT2D eigenvalue weighted by molar-refractivity contribution is 0.112. The van der Waals surface area contributed by atoms with Crippen molar-refractivity contribution < 1.29 is 4.79 Å². The zero-order chi connectivity index (χ0) is 9.10. The average molecular weight is 228 g/mol. The summed E-state index contributed by atoms with van der Waals surface area (Å²) in [7, 11) is 0. The summed E-state index contributed by atoms with van der Waals surface area (Å²) in [6, 6.07) is 1.85. The Morgan fingerprint density at radius 2 is 2.38 bits per heavy atom. The molecule has 2 aromatic heterocycles. The van der Waals surface area contributed by atoms with Gasteiger partial charge in [0.15, 0.2) is 10.6 Å². The smallest absolute Gasteiger partial charge is 0.178 e. The zero-order valence-electron chi connectivity index (χ0n) is 6.34. The topological polar surface area (TPSA) is 42.9 Å². The Morgan fingerprint density at radius 1 is 1.46 bits per heavy atom. The molecule has 2 rings (SSSR count). The number of nitrogens with zero attached hydrogens (tertiary/aromatic N) is 2. The van der Waals surface area contributed by atoms with Gasteiger partial charge in [-0.15, -0.1) is 21.5 Å². The fourth-order valence-corrected chi connectivity index (χ4v) is 3.10. The molecule has 0 atom stereocenters. The second kappa shape index (κ2) is 3.99. The van der Waals surface area contributed by atoms with Crippen LogP contribution in [0.2, 0.25) is 0 Å². The lowest BCUT2D eigenvalue weighted by atomic mass is 10.5. The van der Waals surface area contributed by atoms with Gasteiger partial charge in [0.25, 0.3) is 0 Å². The Morgan fingerprint density at radius 3 is 3.00 bits per heavy atom. The molecule has 0 saturated heterocycles. The highest BCUT2D eigenvalue weighted by Gasteiger charge is 2.03. The van der Waals surface area contributed by atoms with Crippen LogP contribution in [0.4, 0.5) is 0 Å². The molecular formula is C7H4N2OS3. The van der Waals surface area contributed by atoms with Gasteiger partial charge in [-0.3, -0.25) is 4.79 Å². The number of hydrogen-bond acceptors (Lipinski definition) is 6. The number of rotatable bonds is 3. The van der Waals surface area contributed by atoms with Crippen molar-refractivity contribution in [2.75, 3.05) is 0 Å². The van der Waals surface area contributed by atoms with Crippen LogP contribution in [-0.4, -0.2) is 16.5 Å². The van der Waals surface area contributed by atoms with Crippen molar-refractivity contribution >= 4 is 40.7 Å². The standard InChI is InChI=1S/C7H4N2OS3/c10-2-5-1-6(3-11-5)13-7-9-8-4-12-7/h1-4H. The molecule has 0 saturated carbocycles. The van der Waals surface area contributed by atoms with E-state index in [4.69, 9.17) is 0 Å². The third-order valence-corrected chi connectivity index (χ3v) is 4.01. The molecule has 0 radical (unpaired) electrons. The van der Waals surface area contributed by atoms with E-state index >= 15 is 0 Å². The third kappa shape index (κ3) is 2.15. The third-order valence-electron chi connectivity index (χ3n) is 1.26. The second-order valence-electron chi connectivity index (χ2n) is 2.11. The van der Waals surface area contributed by atoms with Crippen LogP contribution in [0, 0.1) is 0 Å². The Kier molecular flexibility index (Phi) is 2.72. The van der Waals surface area contributed by atoms with Crippen molar-refractivity contribution in [3.63, 3.8) is 0 Å². The summed E-state index contributed by atoms with van der Waals surface area (Å²) >= 11 is 4.46. The first-order chi connectivity index (χ1) is 6.38. The van der Waals surface area contributed by atoms with Crippen molar-refractivity contribution in [1.29, 1.82) is 0 Å². The summed E-state index contributed by atoms with van der Waals surface area (Å²) in [5.41, 5.74) is 1.69. The van der Waals surface area contributed by atoms with Gasteiger partial charge in [0.1, 0.15) is 5.51 Å². The molecule has 13 heavy (non-hydrogen) atoms. The number of thiophene rings is 1. The van der Waals surface area contributed by atoms with Crippen LogP contribution in [0.1, 0.15) is 9.67 Å². The monoisotopic (exact) mass is 228 g/mol. The Balaban J connectivity index is 2.14. The van der Waals surface area contributed by atoms with Crippen LogP contribution in [0.25, 0.3) is 0 Å². The SMILES string of the molecule is O=Cc1cc(Sc2nncs2)cs1. The van der Waals surface area contributed by atoms with Gasteiger partial charge >= 0.3 is 0 Å². The minimum atomic E-state index is 0.743. The molecule has 2 heterocycles. The van der Waals surface area contributed by atoms with Gasteiger partial charge in [0.05, 0.1) is 4.88 Å². The summed E-state index contributed by atoms with van der Waals surface area (Å²) in [4.78, 5) is 12.2. The molecule has 2 aromatic rings. The molecule has 3 nitrogen and oxygen atoms in total. The lowest BCUT2D eigenvalue weighted by Crippen LogP contribution is -1.69. The summed E-state index contributed by atoms with van der Waals surface area (Å²) in [6.45, 7) is 0. The highest BCUT2D eigenvalue weighted by Crippen LogP contribution is 2.31. The molecule has 0 aromatic carbocycles. The van der Waals surface area contributed by atoms with E-state index < -0.39 is 0 Å². The van der Waals surface area contributed by atoms with E-state index in [-0.39, 0.29) is 0 Å². The Bertz CT molecular complexity index is 396. The van der Waals surface area contributed by atoms with Crippen LogP contribution in [-0.2, 0) is 0 Å². The maximum atomic E-state index is 10.4. The van der Waals surface area contributed by atoms with E-state index in [1.54, 1.807) is 5.51 Å². The molecule has 0 aliphatic carbocycles. The van der Waals surface area contributed by atoms with E-state index in [1.807, 2.05) is 11.4 Å². The number of carbonyl (C=O) groups excluding carboxylic acids is 1. The first-order valence-corrected chi connectivity index (χ1v) is 5.94. The second-order valence-corrected chi connectivity index (χ2v) is 5.21. The van der Waals surface area contributed by atoms with Gasteiger partial charge in [-0.05, 0) is 6.07 Å². The molecule has 0 spiro atoms. The van der Waals surface area contributed by atoms with Crippen LogP contribution < -0.4 is 0 Å². The minimum absolute atomic E-state index is 0.743. The summed E-state index contributed by atoms with van der Waals surface area (Å²) in [6.07, 6.45) is 0.856. The molecule has 0 fully saturated rings. The van der Waals surface area contributed by atoms with Crippen molar-refractivity contribution in [1.82, 2.24) is 10.2 Å². The van der Waals surface area contributed by atoms with E-state index in [2.05, 4.69) is 10.2 Å². The predicted octanol–water partition coefficient (Wildman–Crippen LogP) is 2.56. The summed E-state index contributed by atoms with van der Waals surface area (Å²) in [5, 5.41) is 9.56. The number of hydrogen-bond donors (Lipinski definition) is 0. The van der Waals surface area contributed by atoms with E-state index in [1.165, 1.54) is 34.4 Å². The first-order valence-electron chi connectivity index (χ1n) is 3.36. The van der Waals surface area contributed by atoms with Crippen molar-refractivity contribution in [3.05, 3.63) is 21.8 Å². The minimum Gasteiger partial charge on any atom is -0.297 e. The number of carbonyl (C=O) groups is 1. The molecular weight excluding hydrogens is 224 g/mol. The molecule has 0 unspecified atom stereocenters. The van der Waals surface area contributed by atoms with Crippen LogP contribution in [0.5, 0.6) is 0 Å². The molecule has 0 aliphatic heterocycles. The van der Waals surface area contributed by atoms with Gasteiger partial charge in [-0.1, -0.05) is 23.1 Å². The van der Waals surface area contributed by atoms with E-state index in [9.17, 15) is 4.79 Å². The molecule has 0 bridgehead atoms. The van der Waals surface area contributed by atoms with E-state index in [0.29, 0.717) is 0 Å². The van der Waals surface area contributed by atoms with Gasteiger partial charge in [-0.2, -0.15) is 0 Å². The maximum absolute atomic E-state index is 10.4. The predicted molar refractivity (Wildman–Crippen MR) is 53.7 cm³/mol.